The number of rotatable bonds is 2. The minimum atomic E-state index is -0.0781. The lowest BCUT2D eigenvalue weighted by Crippen LogP contribution is -2.45. The first-order valence-corrected chi connectivity index (χ1v) is 9.68. The zero-order valence-corrected chi connectivity index (χ0v) is 16.3. The number of piperidine rings is 1. The molecular weight excluding hydrogens is 364 g/mol. The van der Waals surface area contributed by atoms with Crippen LogP contribution in [-0.2, 0) is 11.8 Å². The molecule has 1 aliphatic carbocycles. The lowest BCUT2D eigenvalue weighted by Gasteiger charge is -2.39. The molecule has 1 aromatic carbocycles. The number of anilines is 1. The van der Waals surface area contributed by atoms with Crippen LogP contribution in [0.5, 0.6) is 0 Å². The fourth-order valence-corrected chi connectivity index (χ4v) is 4.64. The van der Waals surface area contributed by atoms with Gasteiger partial charge in [0.05, 0.1) is 11.3 Å². The van der Waals surface area contributed by atoms with Crippen LogP contribution < -0.4 is 10.9 Å². The number of aromatic amines is 1. The van der Waals surface area contributed by atoms with E-state index >= 15 is 0 Å². The zero-order valence-electron chi connectivity index (χ0n) is 15.6. The Morgan fingerprint density at radius 2 is 2.04 bits per heavy atom. The number of amides is 1. The number of carbonyl (C=O) groups is 1. The summed E-state index contributed by atoms with van der Waals surface area (Å²) in [5.74, 6) is 0.654. The van der Waals surface area contributed by atoms with Gasteiger partial charge >= 0.3 is 0 Å². The van der Waals surface area contributed by atoms with Crippen LogP contribution in [0.3, 0.4) is 0 Å². The van der Waals surface area contributed by atoms with Crippen molar-refractivity contribution in [3.63, 3.8) is 0 Å². The maximum atomic E-state index is 13.0. The number of nitrogens with zero attached hydrogens (tertiary/aromatic N) is 2. The molecule has 1 fully saturated rings. The molecule has 0 saturated carbocycles. The highest BCUT2D eigenvalue weighted by Crippen LogP contribution is 2.44. The predicted molar refractivity (Wildman–Crippen MR) is 106 cm³/mol. The lowest BCUT2D eigenvalue weighted by molar-refractivity contribution is 0.0664. The smallest absolute Gasteiger partial charge is 0.256 e. The van der Waals surface area contributed by atoms with Gasteiger partial charge in [0, 0.05) is 41.8 Å². The van der Waals surface area contributed by atoms with Gasteiger partial charge in [0.1, 0.15) is 5.82 Å². The Bertz CT molecular complexity index is 961. The van der Waals surface area contributed by atoms with Crippen molar-refractivity contribution in [2.45, 2.75) is 38.0 Å². The number of aryl methyl sites for hydroxylation is 1. The maximum absolute atomic E-state index is 13.0. The number of hydrogen-bond donors (Lipinski definition) is 2. The van der Waals surface area contributed by atoms with Crippen LogP contribution in [0.15, 0.2) is 23.0 Å². The molecule has 1 saturated heterocycles. The molecule has 0 radical (unpaired) electrons. The molecule has 0 atom stereocenters. The van der Waals surface area contributed by atoms with Crippen molar-refractivity contribution in [2.24, 2.45) is 0 Å². The van der Waals surface area contributed by atoms with Gasteiger partial charge in [-0.25, -0.2) is 4.98 Å². The minimum Gasteiger partial charge on any atom is -0.387 e. The summed E-state index contributed by atoms with van der Waals surface area (Å²) >= 11 is 6.10. The normalized spacial score (nSPS) is 17.8. The number of fused-ring (bicyclic) bond motifs is 2. The second-order valence-corrected chi connectivity index (χ2v) is 7.93. The largest absolute Gasteiger partial charge is 0.387 e. The summed E-state index contributed by atoms with van der Waals surface area (Å²) in [6.07, 6.45) is 3.36. The predicted octanol–water partition coefficient (Wildman–Crippen LogP) is 2.89. The molecule has 1 aliphatic heterocycles. The Kier molecular flexibility index (Phi) is 4.46. The summed E-state index contributed by atoms with van der Waals surface area (Å²) < 4.78 is 0. The van der Waals surface area contributed by atoms with Crippen LogP contribution in [0, 0.1) is 6.92 Å². The monoisotopic (exact) mass is 386 g/mol. The van der Waals surface area contributed by atoms with Crippen LogP contribution in [0.25, 0.3) is 0 Å². The third-order valence-electron chi connectivity index (χ3n) is 5.98. The fraction of sp³-hybridized carbons (Fsp3) is 0.450. The van der Waals surface area contributed by atoms with E-state index in [9.17, 15) is 9.59 Å². The average Bonchev–Trinajstić information content (AvgIpc) is 3.00. The number of carbonyl (C=O) groups excluding carboxylic acids is 1. The molecule has 4 rings (SSSR count). The van der Waals surface area contributed by atoms with Crippen molar-refractivity contribution in [3.05, 3.63) is 56.2 Å². The van der Waals surface area contributed by atoms with Gasteiger partial charge in [-0.3, -0.25) is 9.59 Å². The number of H-pyrrole nitrogens is 1. The fourth-order valence-electron chi connectivity index (χ4n) is 4.47. The summed E-state index contributed by atoms with van der Waals surface area (Å²) in [6.45, 7) is 3.13. The number of aromatic nitrogens is 2. The van der Waals surface area contributed by atoms with Crippen molar-refractivity contribution in [1.82, 2.24) is 14.9 Å². The topological polar surface area (TPSA) is 78.1 Å². The highest BCUT2D eigenvalue weighted by atomic mass is 35.5. The van der Waals surface area contributed by atoms with Crippen LogP contribution in [-0.4, -0.2) is 40.9 Å². The molecule has 142 valence electrons. The number of hydrogen-bond acceptors (Lipinski definition) is 4. The van der Waals surface area contributed by atoms with E-state index in [2.05, 4.69) is 15.3 Å². The van der Waals surface area contributed by atoms with Gasteiger partial charge in [0.15, 0.2) is 0 Å². The average molecular weight is 387 g/mol. The molecule has 2 heterocycles. The molecule has 0 bridgehead atoms. The summed E-state index contributed by atoms with van der Waals surface area (Å²) in [5, 5.41) is 3.61. The number of benzene rings is 1. The SMILES string of the molecule is CNc1ccc(Cl)cc1C(=O)N1CCC2(CCc3c2nc(C)[nH]c3=O)CC1. The Morgan fingerprint density at radius 1 is 1.30 bits per heavy atom. The lowest BCUT2D eigenvalue weighted by atomic mass is 9.76. The molecule has 7 heteroatoms. The van der Waals surface area contributed by atoms with Crippen molar-refractivity contribution in [2.75, 3.05) is 25.5 Å². The van der Waals surface area contributed by atoms with E-state index in [0.29, 0.717) is 29.5 Å². The first-order valence-electron chi connectivity index (χ1n) is 9.30. The molecule has 1 aromatic heterocycles. The van der Waals surface area contributed by atoms with Gasteiger partial charge in [-0.15, -0.1) is 0 Å². The summed E-state index contributed by atoms with van der Waals surface area (Å²) in [5.41, 5.74) is 3.07. The highest BCUT2D eigenvalue weighted by Gasteiger charge is 2.44. The van der Waals surface area contributed by atoms with E-state index in [-0.39, 0.29) is 16.9 Å². The van der Waals surface area contributed by atoms with Crippen molar-refractivity contribution in [1.29, 1.82) is 0 Å². The first kappa shape index (κ1) is 18.0. The van der Waals surface area contributed by atoms with Crippen LogP contribution >= 0.6 is 11.6 Å². The standard InChI is InChI=1S/C20H23ClN4O2/c1-12-23-17-14(18(26)24-12)5-6-20(17)7-9-25(10-8-20)19(27)15-11-13(21)3-4-16(15)22-2/h3-4,11,22H,5-10H2,1-2H3,(H,23,24,26). The van der Waals surface area contributed by atoms with Crippen molar-refractivity contribution in [3.8, 4) is 0 Å². The third-order valence-corrected chi connectivity index (χ3v) is 6.21. The van der Waals surface area contributed by atoms with Gasteiger partial charge in [-0.2, -0.15) is 0 Å². The van der Waals surface area contributed by atoms with Crippen LogP contribution in [0.2, 0.25) is 5.02 Å². The molecule has 6 nitrogen and oxygen atoms in total. The van der Waals surface area contributed by atoms with Gasteiger partial charge in [-0.05, 0) is 50.8 Å². The molecule has 1 spiro atoms. The third kappa shape index (κ3) is 3.02. The zero-order chi connectivity index (χ0) is 19.2. The Labute approximate surface area is 163 Å². The van der Waals surface area contributed by atoms with Crippen molar-refractivity contribution < 1.29 is 4.79 Å². The van der Waals surface area contributed by atoms with Gasteiger partial charge in [0.25, 0.3) is 11.5 Å². The quantitative estimate of drug-likeness (QED) is 0.831. The molecule has 2 aliphatic rings. The summed E-state index contributed by atoms with van der Waals surface area (Å²) in [7, 11) is 1.80. The maximum Gasteiger partial charge on any atom is 0.256 e. The summed E-state index contributed by atoms with van der Waals surface area (Å²) in [4.78, 5) is 34.6. The second kappa shape index (κ2) is 6.68. The minimum absolute atomic E-state index is 0.00882. The van der Waals surface area contributed by atoms with Gasteiger partial charge < -0.3 is 15.2 Å². The van der Waals surface area contributed by atoms with E-state index in [1.165, 1.54) is 0 Å². The molecule has 1 amide bonds. The molecular formula is C20H23ClN4O2. The van der Waals surface area contributed by atoms with Crippen LogP contribution in [0.1, 0.15) is 46.7 Å². The van der Waals surface area contributed by atoms with Gasteiger partial charge in [-0.1, -0.05) is 11.6 Å². The van der Waals surface area contributed by atoms with Crippen molar-refractivity contribution >= 4 is 23.2 Å². The van der Waals surface area contributed by atoms with Gasteiger partial charge in [0.2, 0.25) is 0 Å². The number of halogens is 1. The molecule has 0 unspecified atom stereocenters. The van der Waals surface area contributed by atoms with E-state index < -0.39 is 0 Å². The van der Waals surface area contributed by atoms with E-state index in [1.807, 2.05) is 17.9 Å². The summed E-state index contributed by atoms with van der Waals surface area (Å²) in [6, 6.07) is 5.32. The molecule has 2 N–H and O–H groups in total. The van der Waals surface area contributed by atoms with Crippen LogP contribution in [0.4, 0.5) is 5.69 Å². The molecule has 2 aromatic rings. The Balaban J connectivity index is 1.57. The number of likely N-dealkylation sites (tertiary alicyclic amines) is 1. The van der Waals surface area contributed by atoms with E-state index in [0.717, 1.165) is 42.6 Å². The Morgan fingerprint density at radius 3 is 2.74 bits per heavy atom. The Hall–Kier alpha value is -2.34. The molecule has 27 heavy (non-hydrogen) atoms. The number of nitrogens with one attached hydrogen (secondary N) is 2. The van der Waals surface area contributed by atoms with E-state index in [1.54, 1.807) is 19.2 Å². The van der Waals surface area contributed by atoms with E-state index in [4.69, 9.17) is 11.6 Å². The highest BCUT2D eigenvalue weighted by molar-refractivity contribution is 6.31. The first-order chi connectivity index (χ1) is 12.9. The second-order valence-electron chi connectivity index (χ2n) is 7.49.